The number of anilines is 2. The topological polar surface area (TPSA) is 105 Å². The molecule has 6 amide bonds. The highest BCUT2D eigenvalue weighted by Crippen LogP contribution is 2.47. The zero-order chi connectivity index (χ0) is 34.5. The Balaban J connectivity index is 1.15. The molecule has 0 unspecified atom stereocenters. The van der Waals surface area contributed by atoms with Crippen molar-refractivity contribution in [1.82, 2.24) is 20.4 Å². The Labute approximate surface area is 278 Å². The molecule has 6 rings (SSSR count). The lowest BCUT2D eigenvalue weighted by Gasteiger charge is -2.56. The Morgan fingerprint density at radius 2 is 0.787 bits per heavy atom. The molecular weight excluding hydrogens is 592 g/mol. The number of likely N-dealkylation sites (tertiary alicyclic amines) is 2. The van der Waals surface area contributed by atoms with Crippen molar-refractivity contribution in [2.75, 3.05) is 23.9 Å². The highest BCUT2D eigenvalue weighted by molar-refractivity contribution is 6.24. The van der Waals surface area contributed by atoms with Crippen molar-refractivity contribution in [3.05, 3.63) is 59.7 Å². The van der Waals surface area contributed by atoms with E-state index in [0.717, 1.165) is 11.1 Å². The van der Waals surface area contributed by atoms with E-state index in [1.54, 1.807) is 0 Å². The summed E-state index contributed by atoms with van der Waals surface area (Å²) in [7, 11) is 4.15. The largest absolute Gasteiger partial charge is 0.329 e. The maximum absolute atomic E-state index is 13.9. The molecule has 4 fully saturated rings. The van der Waals surface area contributed by atoms with Crippen LogP contribution in [-0.4, -0.2) is 81.0 Å². The van der Waals surface area contributed by atoms with E-state index in [1.165, 1.54) is 9.80 Å². The molecule has 0 atom stereocenters. The molecule has 0 aliphatic carbocycles. The van der Waals surface area contributed by atoms with E-state index >= 15 is 0 Å². The van der Waals surface area contributed by atoms with E-state index in [1.807, 2.05) is 48.5 Å². The second-order valence-corrected chi connectivity index (χ2v) is 16.9. The van der Waals surface area contributed by atoms with E-state index in [9.17, 15) is 19.2 Å². The van der Waals surface area contributed by atoms with Crippen LogP contribution in [0.5, 0.6) is 0 Å². The van der Waals surface area contributed by atoms with Crippen LogP contribution in [0.2, 0.25) is 0 Å². The lowest BCUT2D eigenvalue weighted by atomic mass is 9.69. The van der Waals surface area contributed by atoms with Gasteiger partial charge in [-0.05, 0) is 137 Å². The third kappa shape index (κ3) is 5.24. The molecule has 2 aromatic carbocycles. The Kier molecular flexibility index (Phi) is 7.31. The number of nitrogens with one attached hydrogen (secondary N) is 2. The minimum atomic E-state index is -0.940. The van der Waals surface area contributed by atoms with Crippen LogP contribution in [0.4, 0.5) is 21.0 Å². The summed E-state index contributed by atoms with van der Waals surface area (Å²) in [6, 6.07) is 14.2. The summed E-state index contributed by atoms with van der Waals surface area (Å²) in [6.07, 6.45) is 2.75. The van der Waals surface area contributed by atoms with Gasteiger partial charge in [0.2, 0.25) is 0 Å². The van der Waals surface area contributed by atoms with Crippen LogP contribution in [0.25, 0.3) is 0 Å². The van der Waals surface area contributed by atoms with Gasteiger partial charge in [0.25, 0.3) is 11.8 Å². The normalized spacial score (nSPS) is 25.8. The van der Waals surface area contributed by atoms with Gasteiger partial charge in [-0.15, -0.1) is 0 Å². The highest BCUT2D eigenvalue weighted by atomic mass is 16.2. The maximum Gasteiger partial charge on any atom is 0.329 e. The smallest absolute Gasteiger partial charge is 0.323 e. The van der Waals surface area contributed by atoms with Gasteiger partial charge in [-0.25, -0.2) is 19.4 Å². The molecular formula is C37H50N6O4. The molecule has 4 heterocycles. The Bertz CT molecular complexity index is 1480. The van der Waals surface area contributed by atoms with Gasteiger partial charge in [-0.2, -0.15) is 0 Å². The number of piperidine rings is 2. The standard InChI is InChI=1S/C37H50N6O4/c1-32(2)20-36(21-33(3,4)40(32)9)28(44)42(30(46)38-36)26-15-11-24(12-16-26)19-25-13-17-27(18-14-25)43-29(45)37(39-31(43)47)22-34(5,6)41(10)35(7,8)23-37/h11-18H,19-23H2,1-10H3,(H,38,46)(H,39,47). The van der Waals surface area contributed by atoms with Crippen molar-refractivity contribution in [2.24, 2.45) is 0 Å². The third-order valence-corrected chi connectivity index (χ3v) is 11.7. The van der Waals surface area contributed by atoms with Gasteiger partial charge in [-0.3, -0.25) is 19.4 Å². The quantitative estimate of drug-likeness (QED) is 0.431. The molecule has 10 nitrogen and oxygen atoms in total. The lowest BCUT2D eigenvalue weighted by molar-refractivity contribution is -0.131. The maximum atomic E-state index is 13.9. The van der Waals surface area contributed by atoms with E-state index in [0.29, 0.717) is 43.5 Å². The molecule has 2 N–H and O–H groups in total. The minimum Gasteiger partial charge on any atom is -0.323 e. The monoisotopic (exact) mass is 642 g/mol. The van der Waals surface area contributed by atoms with Crippen LogP contribution in [0.15, 0.2) is 48.5 Å². The first kappa shape index (κ1) is 33.2. The van der Waals surface area contributed by atoms with Crippen molar-refractivity contribution < 1.29 is 19.2 Å². The number of benzene rings is 2. The van der Waals surface area contributed by atoms with Crippen molar-refractivity contribution in [3.63, 3.8) is 0 Å². The summed E-state index contributed by atoms with van der Waals surface area (Å²) in [5.74, 6) is -0.399. The predicted octanol–water partition coefficient (Wildman–Crippen LogP) is 5.43. The fourth-order valence-electron chi connectivity index (χ4n) is 9.14. The fraction of sp³-hybridized carbons (Fsp3) is 0.568. The number of carbonyl (C=O) groups is 4. The number of imide groups is 2. The number of hydrogen-bond donors (Lipinski definition) is 2. The van der Waals surface area contributed by atoms with E-state index in [-0.39, 0.29) is 46.0 Å². The summed E-state index contributed by atoms with van der Waals surface area (Å²) in [6.45, 7) is 16.9. The second kappa shape index (κ2) is 10.4. The molecule has 2 aromatic rings. The van der Waals surface area contributed by atoms with Crippen LogP contribution in [-0.2, 0) is 16.0 Å². The molecule has 4 aliphatic heterocycles. The van der Waals surface area contributed by atoms with Crippen LogP contribution in [0, 0.1) is 0 Å². The number of nitrogens with zero attached hydrogens (tertiary/aromatic N) is 4. The van der Waals surface area contributed by atoms with Gasteiger partial charge in [0, 0.05) is 22.2 Å². The first-order valence-corrected chi connectivity index (χ1v) is 16.6. The van der Waals surface area contributed by atoms with Gasteiger partial charge in [0.15, 0.2) is 0 Å². The van der Waals surface area contributed by atoms with Crippen LogP contribution in [0.1, 0.15) is 92.2 Å². The molecule has 10 heteroatoms. The summed E-state index contributed by atoms with van der Waals surface area (Å²) in [4.78, 5) is 61.4. The van der Waals surface area contributed by atoms with Crippen molar-refractivity contribution in [2.45, 2.75) is 121 Å². The average Bonchev–Trinajstić information content (AvgIpc) is 3.32. The molecule has 4 saturated heterocycles. The van der Waals surface area contributed by atoms with Gasteiger partial charge in [-0.1, -0.05) is 24.3 Å². The van der Waals surface area contributed by atoms with E-state index < -0.39 is 11.1 Å². The molecule has 252 valence electrons. The third-order valence-electron chi connectivity index (χ3n) is 11.7. The van der Waals surface area contributed by atoms with Gasteiger partial charge in [0.1, 0.15) is 11.1 Å². The van der Waals surface area contributed by atoms with Crippen LogP contribution < -0.4 is 20.4 Å². The van der Waals surface area contributed by atoms with E-state index in [2.05, 4.69) is 89.9 Å². The number of rotatable bonds is 4. The summed E-state index contributed by atoms with van der Waals surface area (Å²) in [5, 5.41) is 6.14. The fourth-order valence-corrected chi connectivity index (χ4v) is 9.14. The van der Waals surface area contributed by atoms with Gasteiger partial charge < -0.3 is 10.6 Å². The predicted molar refractivity (Wildman–Crippen MR) is 183 cm³/mol. The zero-order valence-electron chi connectivity index (χ0n) is 29.6. The second-order valence-electron chi connectivity index (χ2n) is 16.9. The molecule has 0 bridgehead atoms. The molecule has 2 spiro atoms. The Morgan fingerprint density at radius 3 is 1.06 bits per heavy atom. The zero-order valence-corrected chi connectivity index (χ0v) is 29.6. The number of urea groups is 2. The first-order valence-electron chi connectivity index (χ1n) is 16.6. The molecule has 0 radical (unpaired) electrons. The highest BCUT2D eigenvalue weighted by Gasteiger charge is 2.62. The number of amides is 6. The first-order chi connectivity index (χ1) is 21.6. The minimum absolute atomic E-state index is 0.199. The van der Waals surface area contributed by atoms with Crippen molar-refractivity contribution in [1.29, 1.82) is 0 Å². The molecule has 0 aromatic heterocycles. The Morgan fingerprint density at radius 1 is 0.511 bits per heavy atom. The molecule has 47 heavy (non-hydrogen) atoms. The lowest BCUT2D eigenvalue weighted by Crippen LogP contribution is -2.68. The number of hydrogen-bond acceptors (Lipinski definition) is 6. The van der Waals surface area contributed by atoms with Gasteiger partial charge >= 0.3 is 12.1 Å². The van der Waals surface area contributed by atoms with Gasteiger partial charge in [0.05, 0.1) is 11.4 Å². The summed E-state index contributed by atoms with van der Waals surface area (Å²) >= 11 is 0. The summed E-state index contributed by atoms with van der Waals surface area (Å²) < 4.78 is 0. The molecule has 0 saturated carbocycles. The van der Waals surface area contributed by atoms with Crippen molar-refractivity contribution >= 4 is 35.3 Å². The number of carbonyl (C=O) groups excluding carboxylic acids is 4. The SMILES string of the molecule is CN1C(C)(C)CC2(CC1(C)C)NC(=O)N(c1ccc(Cc3ccc(N4C(=O)NC5(CC(C)(C)N(C)C(C)(C)C5)C4=O)cc3)cc1)C2=O. The van der Waals surface area contributed by atoms with Crippen LogP contribution >= 0.6 is 0 Å². The van der Waals surface area contributed by atoms with Crippen LogP contribution in [0.3, 0.4) is 0 Å². The van der Waals surface area contributed by atoms with Crippen molar-refractivity contribution in [3.8, 4) is 0 Å². The average molecular weight is 643 g/mol. The molecule has 4 aliphatic rings. The Hall–Kier alpha value is -3.76. The van der Waals surface area contributed by atoms with E-state index in [4.69, 9.17) is 0 Å². The summed E-state index contributed by atoms with van der Waals surface area (Å²) in [5.41, 5.74) is 0.152.